The third-order valence-corrected chi connectivity index (χ3v) is 1.10. The lowest BCUT2D eigenvalue weighted by Crippen LogP contribution is -1.77. The summed E-state index contributed by atoms with van der Waals surface area (Å²) in [6.07, 6.45) is 0.964. The zero-order valence-electron chi connectivity index (χ0n) is 3.64. The van der Waals surface area contributed by atoms with Gasteiger partial charge in [-0.05, 0) is 0 Å². The largest absolute Gasteiger partial charge is 0.344 e. The molecule has 8 heavy (non-hydrogen) atoms. The molecule has 1 aromatic heterocycles. The molecule has 0 aliphatic heterocycles. The average molecular weight is 134 g/mol. The van der Waals surface area contributed by atoms with Gasteiger partial charge in [0.2, 0.25) is 5.03 Å². The summed E-state index contributed by atoms with van der Waals surface area (Å²) in [4.78, 5) is 0. The van der Waals surface area contributed by atoms with Crippen LogP contribution in [-0.4, -0.2) is 18.8 Å². The van der Waals surface area contributed by atoms with Gasteiger partial charge < -0.3 is 4.52 Å². The highest BCUT2D eigenvalue weighted by molar-refractivity contribution is 7.72. The Labute approximate surface area is 46.2 Å². The third-order valence-electron chi connectivity index (χ3n) is 0.536. The van der Waals surface area contributed by atoms with Gasteiger partial charge in [-0.3, -0.25) is 0 Å². The van der Waals surface area contributed by atoms with Crippen LogP contribution in [0.4, 0.5) is 0 Å². The maximum absolute atomic E-state index is 9.94. The van der Waals surface area contributed by atoms with E-state index in [1.54, 1.807) is 0 Å². The second kappa shape index (κ2) is 1.91. The molecule has 5 nitrogen and oxygen atoms in total. The van der Waals surface area contributed by atoms with E-state index >= 15 is 0 Å². The van der Waals surface area contributed by atoms with Crippen LogP contribution in [0.2, 0.25) is 0 Å². The van der Waals surface area contributed by atoms with Crippen molar-refractivity contribution in [1.29, 1.82) is 0 Å². The van der Waals surface area contributed by atoms with Crippen molar-refractivity contribution in [3.05, 3.63) is 6.26 Å². The highest BCUT2D eigenvalue weighted by atomic mass is 32.2. The molecule has 0 aliphatic carbocycles. The molecule has 0 saturated carbocycles. The molecule has 1 heterocycles. The summed E-state index contributed by atoms with van der Waals surface area (Å²) in [5, 5.41) is 5.90. The maximum Gasteiger partial charge on any atom is 0.215 e. The van der Waals surface area contributed by atoms with Crippen LogP contribution in [0.5, 0.6) is 0 Å². The predicted octanol–water partition coefficient (Wildman–Crippen LogP) is -0.960. The van der Waals surface area contributed by atoms with Gasteiger partial charge in [0.05, 0.1) is 0 Å². The smallest absolute Gasteiger partial charge is 0.215 e. The van der Waals surface area contributed by atoms with Crippen molar-refractivity contribution >= 4 is 10.7 Å². The molecule has 1 aromatic rings. The number of nitrogens with zero attached hydrogens (tertiary/aromatic N) is 2. The van der Waals surface area contributed by atoms with Gasteiger partial charge >= 0.3 is 0 Å². The van der Waals surface area contributed by atoms with E-state index in [0.717, 1.165) is 6.26 Å². The van der Waals surface area contributed by atoms with E-state index in [9.17, 15) is 8.42 Å². The molecule has 0 radical (unpaired) electrons. The molecular weight excluding hydrogens is 132 g/mol. The van der Waals surface area contributed by atoms with Gasteiger partial charge in [0.15, 0.2) is 17.0 Å². The van der Waals surface area contributed by atoms with Crippen molar-refractivity contribution in [3.63, 3.8) is 0 Å². The summed E-state index contributed by atoms with van der Waals surface area (Å²) in [6.45, 7) is 0. The van der Waals surface area contributed by atoms with Crippen LogP contribution in [-0.2, 0) is 10.7 Å². The normalized spacial score (nSPS) is 10.1. The first-order chi connectivity index (χ1) is 3.80. The molecule has 6 heteroatoms. The minimum atomic E-state index is -2.63. The van der Waals surface area contributed by atoms with E-state index < -0.39 is 10.7 Å². The minimum Gasteiger partial charge on any atom is -0.344 e. The lowest BCUT2D eigenvalue weighted by molar-refractivity contribution is 0.392. The van der Waals surface area contributed by atoms with Crippen molar-refractivity contribution in [2.45, 2.75) is 5.03 Å². The SMILES string of the molecule is O=[SH](=O)c1conn1. The molecule has 0 spiro atoms. The summed E-state index contributed by atoms with van der Waals surface area (Å²) in [7, 11) is -2.63. The molecule has 0 bridgehead atoms. The summed E-state index contributed by atoms with van der Waals surface area (Å²) in [5.41, 5.74) is 0. The Bertz CT molecular complexity index is 217. The summed E-state index contributed by atoms with van der Waals surface area (Å²) >= 11 is 0. The van der Waals surface area contributed by atoms with Gasteiger partial charge in [-0.25, -0.2) is 8.42 Å². The van der Waals surface area contributed by atoms with Crippen LogP contribution in [0.3, 0.4) is 0 Å². The fourth-order valence-corrected chi connectivity index (χ4v) is 0.482. The van der Waals surface area contributed by atoms with E-state index in [1.165, 1.54) is 0 Å². The molecule has 0 aliphatic rings. The molecule has 0 fully saturated rings. The second-order valence-electron chi connectivity index (χ2n) is 1.02. The Kier molecular flexibility index (Phi) is 1.25. The molecule has 0 saturated heterocycles. The maximum atomic E-state index is 9.94. The van der Waals surface area contributed by atoms with E-state index in [1.807, 2.05) is 0 Å². The van der Waals surface area contributed by atoms with Crippen LogP contribution < -0.4 is 0 Å². The molecule has 0 amide bonds. The van der Waals surface area contributed by atoms with Crippen LogP contribution in [0.15, 0.2) is 15.8 Å². The Hall–Kier alpha value is -0.910. The van der Waals surface area contributed by atoms with E-state index in [4.69, 9.17) is 0 Å². The van der Waals surface area contributed by atoms with Crippen molar-refractivity contribution < 1.29 is 12.9 Å². The first-order valence-corrected chi connectivity index (χ1v) is 2.90. The Morgan fingerprint density at radius 2 is 2.38 bits per heavy atom. The second-order valence-corrected chi connectivity index (χ2v) is 1.99. The standard InChI is InChI=1S/C2H2N2O3S/c5-8(6)2-1-7-4-3-2/h1,8H. The summed E-state index contributed by atoms with van der Waals surface area (Å²) in [5.74, 6) is 0. The molecule has 1 rings (SSSR count). The summed E-state index contributed by atoms with van der Waals surface area (Å²) in [6, 6.07) is 0. The lowest BCUT2D eigenvalue weighted by Gasteiger charge is -1.64. The molecule has 0 aromatic carbocycles. The number of aromatic nitrogens is 2. The topological polar surface area (TPSA) is 73.1 Å². The fourth-order valence-electron chi connectivity index (χ4n) is 0.239. The Morgan fingerprint density at radius 3 is 2.62 bits per heavy atom. The first kappa shape index (κ1) is 5.23. The van der Waals surface area contributed by atoms with E-state index in [0.29, 0.717) is 0 Å². The number of hydrogen-bond donors (Lipinski definition) is 1. The van der Waals surface area contributed by atoms with Crippen molar-refractivity contribution in [2.75, 3.05) is 0 Å². The number of thiol groups is 1. The highest BCUT2D eigenvalue weighted by Gasteiger charge is 1.95. The molecule has 0 atom stereocenters. The molecule has 44 valence electrons. The van der Waals surface area contributed by atoms with Gasteiger partial charge in [0, 0.05) is 5.27 Å². The van der Waals surface area contributed by atoms with Crippen molar-refractivity contribution in [3.8, 4) is 0 Å². The first-order valence-electron chi connectivity index (χ1n) is 1.72. The number of hydrogen-bond acceptors (Lipinski definition) is 5. The van der Waals surface area contributed by atoms with Crippen LogP contribution in [0.25, 0.3) is 0 Å². The molecule has 0 unspecified atom stereocenters. The van der Waals surface area contributed by atoms with Gasteiger partial charge in [-0.1, -0.05) is 5.10 Å². The van der Waals surface area contributed by atoms with Gasteiger partial charge in [0.1, 0.15) is 0 Å². The average Bonchev–Trinajstić information content (AvgIpc) is 2.12. The Morgan fingerprint density at radius 1 is 1.62 bits per heavy atom. The zero-order chi connectivity index (χ0) is 5.98. The monoisotopic (exact) mass is 134 g/mol. The zero-order valence-corrected chi connectivity index (χ0v) is 4.54. The van der Waals surface area contributed by atoms with Gasteiger partial charge in [-0.2, -0.15) is 0 Å². The Balaban J connectivity index is 3.11. The molecule has 0 N–H and O–H groups in total. The van der Waals surface area contributed by atoms with Crippen molar-refractivity contribution in [2.24, 2.45) is 0 Å². The van der Waals surface area contributed by atoms with E-state index in [2.05, 4.69) is 14.9 Å². The number of rotatable bonds is 1. The van der Waals surface area contributed by atoms with Gasteiger partial charge in [0.25, 0.3) is 0 Å². The fraction of sp³-hybridized carbons (Fsp3) is 0. The van der Waals surface area contributed by atoms with Crippen molar-refractivity contribution in [1.82, 2.24) is 10.4 Å². The van der Waals surface area contributed by atoms with Crippen LogP contribution in [0, 0.1) is 0 Å². The minimum absolute atomic E-state index is 0.139. The van der Waals surface area contributed by atoms with Crippen LogP contribution in [0.1, 0.15) is 0 Å². The van der Waals surface area contributed by atoms with Gasteiger partial charge in [-0.15, -0.1) is 0 Å². The predicted molar refractivity (Wildman–Crippen MR) is 22.9 cm³/mol. The highest BCUT2D eigenvalue weighted by Crippen LogP contribution is 1.89. The van der Waals surface area contributed by atoms with Crippen LogP contribution >= 0.6 is 0 Å². The lowest BCUT2D eigenvalue weighted by atomic mass is 11.0. The van der Waals surface area contributed by atoms with E-state index in [-0.39, 0.29) is 5.03 Å². The third kappa shape index (κ3) is 0.836. The molecular formula is C2H2N2O3S. The summed E-state index contributed by atoms with van der Waals surface area (Å²) < 4.78 is 24.0. The quantitative estimate of drug-likeness (QED) is 0.501.